The van der Waals surface area contributed by atoms with Gasteiger partial charge in [-0.1, -0.05) is 29.8 Å². The fourth-order valence-corrected chi connectivity index (χ4v) is 2.51. The molecule has 0 saturated carbocycles. The van der Waals surface area contributed by atoms with Crippen LogP contribution in [0.5, 0.6) is 11.5 Å². The van der Waals surface area contributed by atoms with Crippen molar-refractivity contribution in [3.8, 4) is 11.5 Å². The van der Waals surface area contributed by atoms with Crippen LogP contribution in [-0.4, -0.2) is 24.9 Å². The summed E-state index contributed by atoms with van der Waals surface area (Å²) in [7, 11) is 0. The van der Waals surface area contributed by atoms with Gasteiger partial charge in [0.25, 0.3) is 0 Å². The maximum Gasteiger partial charge on any atom is 0.161 e. The largest absolute Gasteiger partial charge is 0.490 e. The first-order valence-corrected chi connectivity index (χ1v) is 9.05. The van der Waals surface area contributed by atoms with E-state index in [-0.39, 0.29) is 6.61 Å². The van der Waals surface area contributed by atoms with Crippen LogP contribution in [0.1, 0.15) is 30.9 Å². The highest BCUT2D eigenvalue weighted by Gasteiger charge is 2.07. The lowest BCUT2D eigenvalue weighted by Gasteiger charge is -2.14. The maximum atomic E-state index is 8.79. The van der Waals surface area contributed by atoms with Crippen LogP contribution < -0.4 is 14.8 Å². The van der Waals surface area contributed by atoms with Gasteiger partial charge in [-0.05, 0) is 61.7 Å². The highest BCUT2D eigenvalue weighted by Crippen LogP contribution is 2.29. The van der Waals surface area contributed by atoms with Crippen molar-refractivity contribution in [3.63, 3.8) is 0 Å². The van der Waals surface area contributed by atoms with Crippen molar-refractivity contribution in [2.24, 2.45) is 0 Å². The summed E-state index contributed by atoms with van der Waals surface area (Å²) >= 11 is 5.90. The molecule has 0 radical (unpaired) electrons. The van der Waals surface area contributed by atoms with Crippen LogP contribution in [0.25, 0.3) is 0 Å². The van der Waals surface area contributed by atoms with Gasteiger partial charge in [0.1, 0.15) is 6.61 Å². The second-order valence-electron chi connectivity index (χ2n) is 5.74. The lowest BCUT2D eigenvalue weighted by atomic mass is 10.2. The molecule has 25 heavy (non-hydrogen) atoms. The molecule has 2 aromatic rings. The topological polar surface area (TPSA) is 50.7 Å². The summed E-state index contributed by atoms with van der Waals surface area (Å²) in [6, 6.07) is 13.6. The fourth-order valence-electron chi connectivity index (χ4n) is 2.39. The minimum absolute atomic E-state index is 0.246. The minimum atomic E-state index is 0.246. The number of halogens is 1. The third kappa shape index (κ3) is 6.94. The van der Waals surface area contributed by atoms with Gasteiger partial charge in [0.2, 0.25) is 0 Å². The third-order valence-electron chi connectivity index (χ3n) is 3.71. The standard InChI is InChI=1S/C20H26ClNO3/c1-2-24-20-13-17(14-22-11-3-4-12-23)7-10-19(20)25-15-16-5-8-18(21)9-6-16/h5-10,13,22-23H,2-4,11-12,14-15H2,1H3. The quantitative estimate of drug-likeness (QED) is 0.588. The van der Waals surface area contributed by atoms with Crippen molar-refractivity contribution < 1.29 is 14.6 Å². The molecule has 0 amide bonds. The predicted molar refractivity (Wildman–Crippen MR) is 101 cm³/mol. The summed E-state index contributed by atoms with van der Waals surface area (Å²) in [5.74, 6) is 1.49. The van der Waals surface area contributed by atoms with Crippen molar-refractivity contribution in [2.45, 2.75) is 32.9 Å². The number of hydrogen-bond acceptors (Lipinski definition) is 4. The molecule has 0 bridgehead atoms. The number of aliphatic hydroxyl groups excluding tert-OH is 1. The lowest BCUT2D eigenvalue weighted by molar-refractivity contribution is 0.269. The van der Waals surface area contributed by atoms with E-state index in [0.29, 0.717) is 13.2 Å². The zero-order valence-electron chi connectivity index (χ0n) is 14.6. The Morgan fingerprint density at radius 1 is 0.960 bits per heavy atom. The molecular weight excluding hydrogens is 338 g/mol. The Kier molecular flexibility index (Phi) is 8.60. The number of rotatable bonds is 11. The monoisotopic (exact) mass is 363 g/mol. The number of aliphatic hydroxyl groups is 1. The Hall–Kier alpha value is -1.75. The smallest absolute Gasteiger partial charge is 0.161 e. The zero-order valence-corrected chi connectivity index (χ0v) is 15.4. The molecule has 0 aliphatic heterocycles. The minimum Gasteiger partial charge on any atom is -0.490 e. The van der Waals surface area contributed by atoms with E-state index in [1.807, 2.05) is 49.4 Å². The van der Waals surface area contributed by atoms with Gasteiger partial charge in [-0.25, -0.2) is 0 Å². The first-order chi connectivity index (χ1) is 12.2. The van der Waals surface area contributed by atoms with Gasteiger partial charge in [0.15, 0.2) is 11.5 Å². The van der Waals surface area contributed by atoms with E-state index in [4.69, 9.17) is 26.2 Å². The molecule has 0 fully saturated rings. The van der Waals surface area contributed by atoms with Gasteiger partial charge < -0.3 is 19.9 Å². The van der Waals surface area contributed by atoms with E-state index >= 15 is 0 Å². The fraction of sp³-hybridized carbons (Fsp3) is 0.400. The third-order valence-corrected chi connectivity index (χ3v) is 3.96. The molecule has 2 rings (SSSR count). The van der Waals surface area contributed by atoms with Gasteiger partial charge in [-0.3, -0.25) is 0 Å². The number of unbranched alkanes of at least 4 members (excludes halogenated alkanes) is 1. The second kappa shape index (κ2) is 11.0. The number of hydrogen-bond donors (Lipinski definition) is 2. The van der Waals surface area contributed by atoms with E-state index < -0.39 is 0 Å². The van der Waals surface area contributed by atoms with Gasteiger partial charge in [0.05, 0.1) is 6.61 Å². The molecule has 2 N–H and O–H groups in total. The number of ether oxygens (including phenoxy) is 2. The summed E-state index contributed by atoms with van der Waals surface area (Å²) in [5, 5.41) is 12.9. The Balaban J connectivity index is 1.93. The first-order valence-electron chi connectivity index (χ1n) is 8.67. The summed E-state index contributed by atoms with van der Waals surface area (Å²) in [5.41, 5.74) is 2.20. The van der Waals surface area contributed by atoms with Crippen LogP contribution in [0.4, 0.5) is 0 Å². The van der Waals surface area contributed by atoms with Crippen LogP contribution in [0.15, 0.2) is 42.5 Å². The van der Waals surface area contributed by atoms with E-state index in [1.165, 1.54) is 0 Å². The first kappa shape index (κ1) is 19.6. The Labute approximate surface area is 154 Å². The van der Waals surface area contributed by atoms with Crippen LogP contribution in [0, 0.1) is 0 Å². The molecule has 0 spiro atoms. The van der Waals surface area contributed by atoms with Gasteiger partial charge in [-0.15, -0.1) is 0 Å². The van der Waals surface area contributed by atoms with Gasteiger partial charge in [0, 0.05) is 18.2 Å². The van der Waals surface area contributed by atoms with Gasteiger partial charge in [-0.2, -0.15) is 0 Å². The predicted octanol–water partition coefficient (Wildman–Crippen LogP) is 4.18. The maximum absolute atomic E-state index is 8.79. The average molecular weight is 364 g/mol. The summed E-state index contributed by atoms with van der Waals surface area (Å²) in [6.45, 7) is 4.92. The molecule has 0 saturated heterocycles. The summed E-state index contributed by atoms with van der Waals surface area (Å²) < 4.78 is 11.6. The molecule has 0 heterocycles. The molecule has 0 aliphatic carbocycles. The molecule has 0 atom stereocenters. The number of nitrogens with one attached hydrogen (secondary N) is 1. The number of benzene rings is 2. The Bertz CT molecular complexity index is 631. The lowest BCUT2D eigenvalue weighted by Crippen LogP contribution is -2.15. The molecule has 0 unspecified atom stereocenters. The SMILES string of the molecule is CCOc1cc(CNCCCCO)ccc1OCc1ccc(Cl)cc1. The van der Waals surface area contributed by atoms with Crippen LogP contribution in [-0.2, 0) is 13.2 Å². The van der Waals surface area contributed by atoms with Gasteiger partial charge >= 0.3 is 0 Å². The molecule has 2 aromatic carbocycles. The van der Waals surface area contributed by atoms with Crippen LogP contribution >= 0.6 is 11.6 Å². The second-order valence-corrected chi connectivity index (χ2v) is 6.17. The van der Waals surface area contributed by atoms with E-state index in [9.17, 15) is 0 Å². The van der Waals surface area contributed by atoms with Crippen molar-refractivity contribution in [3.05, 3.63) is 58.6 Å². The van der Waals surface area contributed by atoms with E-state index in [2.05, 4.69) is 5.32 Å². The highest BCUT2D eigenvalue weighted by molar-refractivity contribution is 6.30. The van der Waals surface area contributed by atoms with Crippen molar-refractivity contribution in [2.75, 3.05) is 19.8 Å². The van der Waals surface area contributed by atoms with E-state index in [1.54, 1.807) is 0 Å². The molecule has 5 heteroatoms. The molecule has 4 nitrogen and oxygen atoms in total. The molecular formula is C20H26ClNO3. The van der Waals surface area contributed by atoms with Crippen LogP contribution in [0.3, 0.4) is 0 Å². The molecule has 0 aliphatic rings. The summed E-state index contributed by atoms with van der Waals surface area (Å²) in [4.78, 5) is 0. The molecule has 136 valence electrons. The van der Waals surface area contributed by atoms with Crippen molar-refractivity contribution >= 4 is 11.6 Å². The Morgan fingerprint density at radius 3 is 2.44 bits per heavy atom. The highest BCUT2D eigenvalue weighted by atomic mass is 35.5. The average Bonchev–Trinajstić information content (AvgIpc) is 2.62. The van der Waals surface area contributed by atoms with Crippen molar-refractivity contribution in [1.29, 1.82) is 0 Å². The normalized spacial score (nSPS) is 10.7. The summed E-state index contributed by atoms with van der Waals surface area (Å²) in [6.07, 6.45) is 1.80. The van der Waals surface area contributed by atoms with Crippen molar-refractivity contribution in [1.82, 2.24) is 5.32 Å². The van der Waals surface area contributed by atoms with E-state index in [0.717, 1.165) is 53.6 Å². The zero-order chi connectivity index (χ0) is 17.9. The Morgan fingerprint density at radius 2 is 1.72 bits per heavy atom. The molecule has 0 aromatic heterocycles. The van der Waals surface area contributed by atoms with Crippen LogP contribution in [0.2, 0.25) is 5.02 Å².